The molecule has 0 unspecified atom stereocenters. The topological polar surface area (TPSA) is 26.3 Å². The highest BCUT2D eigenvalue weighted by molar-refractivity contribution is 7.20. The molecule has 0 aliphatic carbocycles. The van der Waals surface area contributed by atoms with Crippen molar-refractivity contribution < 1.29 is 8.83 Å². The van der Waals surface area contributed by atoms with Crippen LogP contribution in [0.1, 0.15) is 22.6 Å². The first-order chi connectivity index (χ1) is 13.5. The number of fused-ring (bicyclic) bond motifs is 3. The second kappa shape index (κ2) is 6.50. The molecule has 0 bridgehead atoms. The van der Waals surface area contributed by atoms with Crippen molar-refractivity contribution >= 4 is 36.6 Å². The summed E-state index contributed by atoms with van der Waals surface area (Å²) >= 11 is 0. The number of benzene rings is 2. The molecule has 5 aromatic rings. The van der Waals surface area contributed by atoms with Gasteiger partial charge in [-0.05, 0) is 72.7 Å². The van der Waals surface area contributed by atoms with Crippen LogP contribution in [0.3, 0.4) is 0 Å². The molecule has 0 amide bonds. The van der Waals surface area contributed by atoms with Crippen molar-refractivity contribution in [3.63, 3.8) is 0 Å². The lowest BCUT2D eigenvalue weighted by Crippen LogP contribution is -2.17. The number of aryl methyl sites for hydroxylation is 4. The first kappa shape index (κ1) is 17.5. The summed E-state index contributed by atoms with van der Waals surface area (Å²) in [6, 6.07) is 22.4. The molecule has 28 heavy (non-hydrogen) atoms. The van der Waals surface area contributed by atoms with E-state index in [2.05, 4.69) is 74.5 Å². The van der Waals surface area contributed by atoms with E-state index < -0.39 is 15.8 Å². The van der Waals surface area contributed by atoms with Gasteiger partial charge >= 0.3 is 0 Å². The van der Waals surface area contributed by atoms with Crippen molar-refractivity contribution in [2.24, 2.45) is 0 Å². The van der Waals surface area contributed by atoms with Crippen LogP contribution >= 0.6 is 0 Å². The Morgan fingerprint density at radius 2 is 0.964 bits per heavy atom. The Balaban J connectivity index is 2.07. The summed E-state index contributed by atoms with van der Waals surface area (Å²) in [4.78, 5) is 2.91. The van der Waals surface area contributed by atoms with Gasteiger partial charge in [-0.15, -0.1) is 0 Å². The third-order valence-corrected chi connectivity index (χ3v) is 13.9. The maximum atomic E-state index is 6.25. The Bertz CT molecular complexity index is 1250. The van der Waals surface area contributed by atoms with Gasteiger partial charge in [0.05, 0.1) is 0 Å². The van der Waals surface area contributed by atoms with Crippen molar-refractivity contribution in [3.05, 3.63) is 83.3 Å². The van der Waals surface area contributed by atoms with E-state index in [1.165, 1.54) is 31.9 Å². The van der Waals surface area contributed by atoms with Crippen LogP contribution in [0.5, 0.6) is 0 Å². The molecule has 0 radical (unpaired) electrons. The van der Waals surface area contributed by atoms with Gasteiger partial charge in [-0.1, -0.05) is 47.5 Å². The van der Waals surface area contributed by atoms with E-state index in [1.54, 1.807) is 0 Å². The number of rotatable bonds is 2. The summed E-state index contributed by atoms with van der Waals surface area (Å²) in [7, 11) is -2.30. The lowest BCUT2D eigenvalue weighted by molar-refractivity contribution is 0.555. The minimum Gasteiger partial charge on any atom is -0.468 e. The van der Waals surface area contributed by atoms with Crippen LogP contribution in [0.15, 0.2) is 69.5 Å². The van der Waals surface area contributed by atoms with Crippen LogP contribution in [-0.2, 0) is 0 Å². The highest BCUT2D eigenvalue weighted by Crippen LogP contribution is 2.31. The van der Waals surface area contributed by atoms with Gasteiger partial charge < -0.3 is 8.83 Å². The molecule has 0 saturated heterocycles. The summed E-state index contributed by atoms with van der Waals surface area (Å²) in [5.74, 6) is 1.96. The lowest BCUT2D eigenvalue weighted by Gasteiger charge is -2.15. The minimum absolute atomic E-state index is 0.980. The van der Waals surface area contributed by atoms with E-state index in [1.807, 2.05) is 13.8 Å². The monoisotopic (exact) mass is 398 g/mol. The van der Waals surface area contributed by atoms with Crippen molar-refractivity contribution in [2.75, 3.05) is 0 Å². The first-order valence-corrected chi connectivity index (χ1v) is 13.6. The van der Waals surface area contributed by atoms with Gasteiger partial charge in [0.1, 0.15) is 38.1 Å². The van der Waals surface area contributed by atoms with Crippen LogP contribution in [-0.4, -0.2) is 15.8 Å². The Morgan fingerprint density at radius 1 is 0.536 bits per heavy atom. The molecule has 3 aromatic heterocycles. The van der Waals surface area contributed by atoms with Crippen LogP contribution in [0.4, 0.5) is 0 Å². The second-order valence-electron chi connectivity index (χ2n) is 7.67. The Morgan fingerprint density at radius 3 is 1.32 bits per heavy atom. The summed E-state index contributed by atoms with van der Waals surface area (Å²) in [6.45, 7) is 8.43. The molecular weight excluding hydrogens is 376 g/mol. The molecule has 2 nitrogen and oxygen atoms in total. The average molecular weight is 399 g/mol. The molecule has 0 fully saturated rings. The third-order valence-electron chi connectivity index (χ3n) is 5.40. The molecular formula is C24H22O2Si2. The van der Waals surface area contributed by atoms with E-state index in [4.69, 9.17) is 8.83 Å². The highest BCUT2D eigenvalue weighted by atomic mass is 29.0. The molecule has 0 aliphatic rings. The van der Waals surface area contributed by atoms with Crippen LogP contribution in [0.25, 0.3) is 31.5 Å². The van der Waals surface area contributed by atoms with Gasteiger partial charge in [-0.3, -0.25) is 0 Å². The maximum Gasteiger partial charge on any atom is 0.119 e. The van der Waals surface area contributed by atoms with E-state index in [-0.39, 0.29) is 0 Å². The van der Waals surface area contributed by atoms with Crippen LogP contribution in [0, 0.1) is 27.7 Å². The summed E-state index contributed by atoms with van der Waals surface area (Å²) in [5, 5.41) is 5.01. The van der Waals surface area contributed by atoms with Crippen molar-refractivity contribution in [1.29, 1.82) is 0 Å². The highest BCUT2D eigenvalue weighted by Gasteiger charge is 2.23. The molecule has 3 heterocycles. The van der Waals surface area contributed by atoms with Crippen LogP contribution < -0.4 is 0 Å². The Hall–Kier alpha value is -2.57. The summed E-state index contributed by atoms with van der Waals surface area (Å²) < 4.78 is 12.5. The zero-order valence-corrected chi connectivity index (χ0v) is 18.6. The molecule has 138 valence electrons. The van der Waals surface area contributed by atoms with Gasteiger partial charge in [-0.2, -0.15) is 0 Å². The van der Waals surface area contributed by atoms with Crippen molar-refractivity contribution in [1.82, 2.24) is 0 Å². The van der Waals surface area contributed by atoms with Gasteiger partial charge in [0, 0.05) is 0 Å². The SMILES string of the molecule is Cc1ccc2c3ccc(C)cc3[si](-c3ccc(C)o3)[si](-c3ccc(C)o3)c2c1. The predicted octanol–water partition coefficient (Wildman–Crippen LogP) is 6.44. The molecule has 0 N–H and O–H groups in total. The van der Waals surface area contributed by atoms with E-state index >= 15 is 0 Å². The van der Waals surface area contributed by atoms with Crippen molar-refractivity contribution in [3.8, 4) is 10.8 Å². The van der Waals surface area contributed by atoms with E-state index in [0.29, 0.717) is 0 Å². The third kappa shape index (κ3) is 2.75. The molecule has 0 atom stereocenters. The van der Waals surface area contributed by atoms with Gasteiger partial charge in [0.2, 0.25) is 0 Å². The fourth-order valence-electron chi connectivity index (χ4n) is 4.12. The summed E-state index contributed by atoms with van der Waals surface area (Å²) in [6.07, 6.45) is 0. The van der Waals surface area contributed by atoms with Crippen molar-refractivity contribution in [2.45, 2.75) is 27.7 Å². The molecule has 2 aromatic carbocycles. The second-order valence-corrected chi connectivity index (χ2v) is 14.2. The van der Waals surface area contributed by atoms with Crippen LogP contribution in [0.2, 0.25) is 0 Å². The molecule has 5 rings (SSSR count). The number of furan rings is 2. The van der Waals surface area contributed by atoms with Gasteiger partial charge in [0.15, 0.2) is 0 Å². The smallest absolute Gasteiger partial charge is 0.119 e. The minimum atomic E-state index is -1.15. The number of hydrogen-bond donors (Lipinski definition) is 0. The zero-order chi connectivity index (χ0) is 19.4. The average Bonchev–Trinajstić information content (AvgIpc) is 3.28. The molecule has 0 spiro atoms. The lowest BCUT2D eigenvalue weighted by atomic mass is 10.1. The van der Waals surface area contributed by atoms with Gasteiger partial charge in [0.25, 0.3) is 0 Å². The fourth-order valence-corrected chi connectivity index (χ4v) is 13.6. The molecule has 0 saturated carbocycles. The molecule has 0 aliphatic heterocycles. The quantitative estimate of drug-likeness (QED) is 0.252. The largest absolute Gasteiger partial charge is 0.468 e. The van der Waals surface area contributed by atoms with E-state index in [9.17, 15) is 0 Å². The maximum absolute atomic E-state index is 6.25. The summed E-state index contributed by atoms with van der Waals surface area (Å²) in [5.41, 5.74) is 2.61. The predicted molar refractivity (Wildman–Crippen MR) is 120 cm³/mol. The number of hydrogen-bond acceptors (Lipinski definition) is 2. The molecule has 4 heteroatoms. The first-order valence-electron chi connectivity index (χ1n) is 9.61. The normalized spacial score (nSPS) is 11.6. The fraction of sp³-hybridized carbons (Fsp3) is 0.167. The van der Waals surface area contributed by atoms with Gasteiger partial charge in [-0.25, -0.2) is 0 Å². The zero-order valence-electron chi connectivity index (χ0n) is 16.6. The Kier molecular flexibility index (Phi) is 4.07. The standard InChI is InChI=1S/C24H22O2Si2/c1-15-5-9-19-20-10-6-16(2)14-22(20)28(24-12-8-18(4)26-24)27(21(19)13-15)23-11-7-17(3)25-23/h5-14H,1-4H3. The van der Waals surface area contributed by atoms with E-state index in [0.717, 1.165) is 22.3 Å². The Labute approximate surface area is 167 Å².